The zero-order valence-electron chi connectivity index (χ0n) is 21.0. The minimum absolute atomic E-state index is 0.00744. The number of ether oxygens (including phenoxy) is 1. The average Bonchev–Trinajstić information content (AvgIpc) is 2.87. The summed E-state index contributed by atoms with van der Waals surface area (Å²) in [6, 6.07) is 12.0. The van der Waals surface area contributed by atoms with E-state index in [1.165, 1.54) is 6.08 Å². The molecule has 4 amide bonds. The maximum atomic E-state index is 13.9. The second-order valence-corrected chi connectivity index (χ2v) is 10.2. The summed E-state index contributed by atoms with van der Waals surface area (Å²) in [5.41, 5.74) is 0.324. The summed E-state index contributed by atoms with van der Waals surface area (Å²) in [6.07, 6.45) is 2.59. The van der Waals surface area contributed by atoms with Gasteiger partial charge in [-0.3, -0.25) is 24.6 Å². The topological polar surface area (TPSA) is 101 Å². The van der Waals surface area contributed by atoms with E-state index in [0.29, 0.717) is 32.0 Å². The van der Waals surface area contributed by atoms with Crippen LogP contribution in [0.3, 0.4) is 0 Å². The Bertz CT molecular complexity index is 1290. The van der Waals surface area contributed by atoms with E-state index in [9.17, 15) is 19.2 Å². The summed E-state index contributed by atoms with van der Waals surface area (Å²) in [7, 11) is 0. The van der Waals surface area contributed by atoms with Crippen molar-refractivity contribution in [1.29, 1.82) is 0 Å². The van der Waals surface area contributed by atoms with Gasteiger partial charge in [-0.25, -0.2) is 4.79 Å². The number of nitrogens with one attached hydrogen (secondary N) is 1. The number of nitrogens with zero attached hydrogens (tertiary/aromatic N) is 3. The van der Waals surface area contributed by atoms with Crippen molar-refractivity contribution in [1.82, 2.24) is 19.7 Å². The molecular formula is C28H32N4O5. The number of hydrogen-bond donors (Lipinski definition) is 1. The van der Waals surface area contributed by atoms with Gasteiger partial charge < -0.3 is 14.2 Å². The van der Waals surface area contributed by atoms with Gasteiger partial charge in [-0.1, -0.05) is 24.3 Å². The van der Waals surface area contributed by atoms with E-state index in [2.05, 4.69) is 16.8 Å². The van der Waals surface area contributed by atoms with Crippen LogP contribution in [0.5, 0.6) is 5.75 Å². The van der Waals surface area contributed by atoms with Gasteiger partial charge in [-0.2, -0.15) is 0 Å². The number of rotatable bonds is 8. The van der Waals surface area contributed by atoms with Crippen LogP contribution in [-0.4, -0.2) is 65.0 Å². The number of benzene rings is 1. The Kier molecular flexibility index (Phi) is 6.72. The number of hydrogen-bond acceptors (Lipinski definition) is 6. The average molecular weight is 505 g/mol. The largest absolute Gasteiger partial charge is 0.494 e. The molecule has 9 heteroatoms. The first-order chi connectivity index (χ1) is 17.8. The molecule has 1 aromatic heterocycles. The molecule has 2 aromatic rings. The van der Waals surface area contributed by atoms with Crippen molar-refractivity contribution in [2.45, 2.75) is 32.2 Å². The second-order valence-electron chi connectivity index (χ2n) is 10.2. The number of aromatic nitrogens is 1. The maximum absolute atomic E-state index is 13.9. The smallest absolute Gasteiger partial charge is 0.331 e. The lowest BCUT2D eigenvalue weighted by Crippen LogP contribution is -2.68. The lowest BCUT2D eigenvalue weighted by atomic mass is 9.75. The molecule has 3 aliphatic rings. The number of urea groups is 1. The van der Waals surface area contributed by atoms with Crippen LogP contribution in [0.2, 0.25) is 0 Å². The Morgan fingerprint density at radius 3 is 2.59 bits per heavy atom. The number of imide groups is 2. The van der Waals surface area contributed by atoms with Gasteiger partial charge >= 0.3 is 6.03 Å². The first kappa shape index (κ1) is 25.0. The van der Waals surface area contributed by atoms with Crippen molar-refractivity contribution in [3.63, 3.8) is 0 Å². The molecule has 37 heavy (non-hydrogen) atoms. The number of likely N-dealkylation sites (tertiary alicyclic amines) is 1. The number of amides is 4. The van der Waals surface area contributed by atoms with Crippen molar-refractivity contribution >= 4 is 17.8 Å². The fourth-order valence-corrected chi connectivity index (χ4v) is 6.10. The Balaban J connectivity index is 1.47. The van der Waals surface area contributed by atoms with Crippen LogP contribution in [0.4, 0.5) is 4.79 Å². The monoisotopic (exact) mass is 504 g/mol. The minimum atomic E-state index is -1.48. The van der Waals surface area contributed by atoms with Gasteiger partial charge in [0.05, 0.1) is 6.61 Å². The molecule has 194 valence electrons. The van der Waals surface area contributed by atoms with Crippen LogP contribution < -0.4 is 15.6 Å². The van der Waals surface area contributed by atoms with E-state index in [1.54, 1.807) is 12.1 Å². The number of pyridine rings is 1. The third-order valence-electron chi connectivity index (χ3n) is 7.66. The van der Waals surface area contributed by atoms with E-state index in [-0.39, 0.29) is 36.9 Å². The molecule has 1 aromatic carbocycles. The maximum Gasteiger partial charge on any atom is 0.331 e. The van der Waals surface area contributed by atoms with E-state index in [4.69, 9.17) is 4.74 Å². The van der Waals surface area contributed by atoms with Gasteiger partial charge in [0.25, 0.3) is 5.56 Å². The zero-order chi connectivity index (χ0) is 26.2. The Morgan fingerprint density at radius 1 is 1.08 bits per heavy atom. The van der Waals surface area contributed by atoms with E-state index in [1.807, 2.05) is 41.8 Å². The molecule has 2 saturated heterocycles. The van der Waals surface area contributed by atoms with Crippen LogP contribution >= 0.6 is 0 Å². The highest BCUT2D eigenvalue weighted by atomic mass is 16.5. The predicted octanol–water partition coefficient (Wildman–Crippen LogP) is 2.16. The molecule has 2 unspecified atom stereocenters. The fraction of sp³-hybridized carbons (Fsp3) is 0.429. The van der Waals surface area contributed by atoms with E-state index >= 15 is 0 Å². The molecule has 2 fully saturated rings. The number of fused-ring (bicyclic) bond motifs is 4. The quantitative estimate of drug-likeness (QED) is 0.437. The molecule has 3 atom stereocenters. The predicted molar refractivity (Wildman–Crippen MR) is 137 cm³/mol. The summed E-state index contributed by atoms with van der Waals surface area (Å²) in [5.74, 6) is -0.00878. The van der Waals surface area contributed by atoms with Crippen LogP contribution in [0.15, 0.2) is 59.9 Å². The molecular weight excluding hydrogens is 472 g/mol. The van der Waals surface area contributed by atoms with Crippen molar-refractivity contribution in [2.75, 3.05) is 32.8 Å². The molecule has 3 aliphatic heterocycles. The first-order valence-electron chi connectivity index (χ1n) is 12.8. The van der Waals surface area contributed by atoms with Gasteiger partial charge in [0, 0.05) is 50.4 Å². The van der Waals surface area contributed by atoms with Crippen LogP contribution in [0.1, 0.15) is 30.5 Å². The first-order valence-corrected chi connectivity index (χ1v) is 12.8. The molecule has 0 aliphatic carbocycles. The minimum Gasteiger partial charge on any atom is -0.494 e. The van der Waals surface area contributed by atoms with Gasteiger partial charge in [0.1, 0.15) is 11.2 Å². The van der Waals surface area contributed by atoms with Crippen molar-refractivity contribution in [3.8, 4) is 5.75 Å². The Morgan fingerprint density at radius 2 is 1.86 bits per heavy atom. The second kappa shape index (κ2) is 9.97. The van der Waals surface area contributed by atoms with Crippen molar-refractivity contribution < 1.29 is 19.1 Å². The third kappa shape index (κ3) is 4.59. The highest BCUT2D eigenvalue weighted by Gasteiger charge is 2.55. The highest BCUT2D eigenvalue weighted by molar-refractivity contribution is 6.19. The summed E-state index contributed by atoms with van der Waals surface area (Å²) in [6.45, 7) is 8.22. The Labute approximate surface area is 215 Å². The lowest BCUT2D eigenvalue weighted by molar-refractivity contribution is -0.153. The fourth-order valence-electron chi connectivity index (χ4n) is 6.10. The van der Waals surface area contributed by atoms with E-state index in [0.717, 1.165) is 22.6 Å². The van der Waals surface area contributed by atoms with Crippen molar-refractivity contribution in [3.05, 3.63) is 76.7 Å². The number of barbiturate groups is 1. The highest BCUT2D eigenvalue weighted by Crippen LogP contribution is 2.38. The van der Waals surface area contributed by atoms with Crippen LogP contribution in [0.25, 0.3) is 0 Å². The van der Waals surface area contributed by atoms with Crippen LogP contribution in [0, 0.1) is 11.3 Å². The standard InChI is InChI=1S/C28H32N4O5/c1-3-12-31-26(35)28(25(34)29-27(31)36,14-19-8-10-22(11-9-19)37-4-2)18-30-15-20-13-21(17-30)23-6-5-7-24(33)32(23)16-20/h3,5-11,20-21H,1,4,12-18H2,2H3,(H,29,34,36)/t20?,21-,28?/m1/s1. The lowest BCUT2D eigenvalue weighted by Gasteiger charge is -2.47. The summed E-state index contributed by atoms with van der Waals surface area (Å²) in [4.78, 5) is 55.6. The van der Waals surface area contributed by atoms with Gasteiger partial charge in [0.2, 0.25) is 11.8 Å². The van der Waals surface area contributed by atoms with Gasteiger partial charge in [0.15, 0.2) is 0 Å². The third-order valence-corrected chi connectivity index (χ3v) is 7.66. The summed E-state index contributed by atoms with van der Waals surface area (Å²) in [5, 5.41) is 2.43. The number of piperidine rings is 1. The summed E-state index contributed by atoms with van der Waals surface area (Å²) >= 11 is 0. The molecule has 2 bridgehead atoms. The molecule has 0 radical (unpaired) electrons. The number of carbonyl (C=O) groups is 3. The van der Waals surface area contributed by atoms with Gasteiger partial charge in [-0.15, -0.1) is 6.58 Å². The molecule has 5 rings (SSSR count). The number of carbonyl (C=O) groups excluding carboxylic acids is 3. The van der Waals surface area contributed by atoms with Crippen molar-refractivity contribution in [2.24, 2.45) is 11.3 Å². The normalized spacial score (nSPS) is 25.4. The zero-order valence-corrected chi connectivity index (χ0v) is 21.0. The molecule has 9 nitrogen and oxygen atoms in total. The molecule has 0 spiro atoms. The SMILES string of the molecule is C=CCN1C(=O)NC(=O)C(Cc2ccc(OCC)cc2)(CN2CC3C[C@H](C2)c2cccc(=O)n2C3)C1=O. The Hall–Kier alpha value is -3.72. The molecule has 4 heterocycles. The summed E-state index contributed by atoms with van der Waals surface area (Å²) < 4.78 is 7.40. The van der Waals surface area contributed by atoms with Crippen LogP contribution in [-0.2, 0) is 22.6 Å². The van der Waals surface area contributed by atoms with E-state index < -0.39 is 23.3 Å². The van der Waals surface area contributed by atoms with Gasteiger partial charge in [-0.05, 0) is 49.4 Å². The molecule has 1 N–H and O–H groups in total. The molecule has 0 saturated carbocycles.